The van der Waals surface area contributed by atoms with Crippen LogP contribution in [0.25, 0.3) is 6.08 Å². The highest BCUT2D eigenvalue weighted by Gasteiger charge is 2.23. The van der Waals surface area contributed by atoms with Crippen LogP contribution in [-0.2, 0) is 11.2 Å². The first-order chi connectivity index (χ1) is 13.9. The van der Waals surface area contributed by atoms with E-state index in [0.29, 0.717) is 28.3 Å². The minimum atomic E-state index is -0.420. The van der Waals surface area contributed by atoms with E-state index in [2.05, 4.69) is 4.98 Å². The Kier molecular flexibility index (Phi) is 8.24. The summed E-state index contributed by atoms with van der Waals surface area (Å²) in [5, 5.41) is 11.3. The summed E-state index contributed by atoms with van der Waals surface area (Å²) in [5.41, 5.74) is 2.26. The van der Waals surface area contributed by atoms with E-state index in [1.807, 2.05) is 19.9 Å². The Hall–Kier alpha value is -2.83. The van der Waals surface area contributed by atoms with E-state index in [9.17, 15) is 9.90 Å². The van der Waals surface area contributed by atoms with Crippen molar-refractivity contribution in [1.29, 1.82) is 0 Å². The van der Waals surface area contributed by atoms with Crippen molar-refractivity contribution >= 4 is 23.5 Å². The zero-order chi connectivity index (χ0) is 21.4. The van der Waals surface area contributed by atoms with E-state index in [0.717, 1.165) is 5.57 Å². The molecule has 0 fully saturated rings. The lowest BCUT2D eigenvalue weighted by atomic mass is 9.99. The number of ether oxygens (including phenoxy) is 3. The van der Waals surface area contributed by atoms with Crippen LogP contribution in [0.3, 0.4) is 0 Å². The van der Waals surface area contributed by atoms with Gasteiger partial charge in [-0.25, -0.2) is 0 Å². The van der Waals surface area contributed by atoms with Crippen molar-refractivity contribution < 1.29 is 24.1 Å². The maximum atomic E-state index is 12.9. The molecule has 1 N–H and O–H groups in total. The van der Waals surface area contributed by atoms with Crippen LogP contribution in [0.4, 0.5) is 0 Å². The molecule has 0 aliphatic heterocycles. The van der Waals surface area contributed by atoms with Gasteiger partial charge >= 0.3 is 0 Å². The highest BCUT2D eigenvalue weighted by molar-refractivity contribution is 6.30. The van der Waals surface area contributed by atoms with Gasteiger partial charge in [0.05, 0.1) is 12.1 Å². The summed E-state index contributed by atoms with van der Waals surface area (Å²) >= 11 is 5.92. The fourth-order valence-corrected chi connectivity index (χ4v) is 2.77. The zero-order valence-corrected chi connectivity index (χ0v) is 17.6. The van der Waals surface area contributed by atoms with Crippen LogP contribution in [0.5, 0.6) is 17.2 Å². The molecule has 154 valence electrons. The Bertz CT molecular complexity index is 933. The number of phenols is 1. The second kappa shape index (κ2) is 10.6. The van der Waals surface area contributed by atoms with Crippen molar-refractivity contribution in [2.45, 2.75) is 20.3 Å². The molecule has 0 saturated carbocycles. The number of benzene rings is 1. The Balaban J connectivity index is 2.49. The number of phenolic OH excluding ortho intramolecular Hbond substituents is 1. The monoisotopic (exact) mass is 417 g/mol. The lowest BCUT2D eigenvalue weighted by molar-refractivity contribution is 0.0502. The van der Waals surface area contributed by atoms with Gasteiger partial charge in [0, 0.05) is 31.1 Å². The first kappa shape index (κ1) is 22.5. The lowest BCUT2D eigenvalue weighted by Crippen LogP contribution is -2.07. The van der Waals surface area contributed by atoms with Crippen molar-refractivity contribution in [3.8, 4) is 17.2 Å². The van der Waals surface area contributed by atoms with Crippen LogP contribution in [0.1, 0.15) is 35.3 Å². The van der Waals surface area contributed by atoms with Crippen molar-refractivity contribution in [2.24, 2.45) is 0 Å². The third-order valence-electron chi connectivity index (χ3n) is 3.99. The molecule has 1 heterocycles. The van der Waals surface area contributed by atoms with Crippen LogP contribution in [-0.4, -0.2) is 36.9 Å². The molecule has 0 atom stereocenters. The third kappa shape index (κ3) is 6.07. The van der Waals surface area contributed by atoms with Gasteiger partial charge in [-0.2, -0.15) is 0 Å². The zero-order valence-electron chi connectivity index (χ0n) is 16.9. The number of aromatic nitrogens is 1. The van der Waals surface area contributed by atoms with E-state index in [-0.39, 0.29) is 23.9 Å². The Morgan fingerprint density at radius 3 is 2.59 bits per heavy atom. The number of aromatic hydroxyl groups is 1. The third-order valence-corrected chi connectivity index (χ3v) is 4.20. The predicted molar refractivity (Wildman–Crippen MR) is 113 cm³/mol. The molecule has 0 radical (unpaired) electrons. The molecule has 29 heavy (non-hydrogen) atoms. The number of hydrogen-bond donors (Lipinski definition) is 1. The number of pyridine rings is 1. The Morgan fingerprint density at radius 2 is 1.97 bits per heavy atom. The second-order valence-corrected chi connectivity index (χ2v) is 6.89. The van der Waals surface area contributed by atoms with E-state index in [4.69, 9.17) is 25.8 Å². The van der Waals surface area contributed by atoms with E-state index >= 15 is 0 Å². The number of allylic oxidation sites excluding steroid dienone is 3. The van der Waals surface area contributed by atoms with Gasteiger partial charge in [0.15, 0.2) is 12.6 Å². The summed E-state index contributed by atoms with van der Waals surface area (Å²) in [6.45, 7) is 3.90. The van der Waals surface area contributed by atoms with Gasteiger partial charge in [0.2, 0.25) is 0 Å². The molecule has 7 heteroatoms. The molecule has 6 nitrogen and oxygen atoms in total. The maximum absolute atomic E-state index is 12.9. The molecular formula is C22H24ClNO5. The van der Waals surface area contributed by atoms with Crippen LogP contribution < -0.4 is 9.47 Å². The summed E-state index contributed by atoms with van der Waals surface area (Å²) in [4.78, 5) is 16.8. The van der Waals surface area contributed by atoms with Gasteiger partial charge in [0.25, 0.3) is 0 Å². The number of nitrogens with zero attached hydrogens (tertiary/aromatic N) is 1. The Morgan fingerprint density at radius 1 is 1.21 bits per heavy atom. The number of rotatable bonds is 9. The van der Waals surface area contributed by atoms with Gasteiger partial charge in [-0.1, -0.05) is 23.3 Å². The molecule has 0 aliphatic rings. The lowest BCUT2D eigenvalue weighted by Gasteiger charge is -2.17. The average Bonchev–Trinajstić information content (AvgIpc) is 2.69. The van der Waals surface area contributed by atoms with Crippen molar-refractivity contribution in [3.63, 3.8) is 0 Å². The number of hydrogen-bond acceptors (Lipinski definition) is 6. The number of ketones is 1. The van der Waals surface area contributed by atoms with Crippen LogP contribution in [0, 0.1) is 0 Å². The van der Waals surface area contributed by atoms with E-state index in [1.54, 1.807) is 24.4 Å². The highest BCUT2D eigenvalue weighted by atomic mass is 35.5. The topological polar surface area (TPSA) is 77.9 Å². The summed E-state index contributed by atoms with van der Waals surface area (Å²) in [7, 11) is 2.92. The summed E-state index contributed by atoms with van der Waals surface area (Å²) in [5.74, 6) is -0.0189. The maximum Gasteiger partial charge on any atom is 0.193 e. The summed E-state index contributed by atoms with van der Waals surface area (Å²) < 4.78 is 15.9. The highest BCUT2D eigenvalue weighted by Crippen LogP contribution is 2.40. The molecule has 0 bridgehead atoms. The molecule has 2 aromatic rings. The van der Waals surface area contributed by atoms with Gasteiger partial charge in [-0.3, -0.25) is 9.78 Å². The van der Waals surface area contributed by atoms with Crippen molar-refractivity contribution in [2.75, 3.05) is 21.0 Å². The van der Waals surface area contributed by atoms with Crippen molar-refractivity contribution in [1.82, 2.24) is 4.98 Å². The summed E-state index contributed by atoms with van der Waals surface area (Å²) in [6.07, 6.45) is 8.32. The normalized spacial score (nSPS) is 10.8. The van der Waals surface area contributed by atoms with Crippen LogP contribution >= 0.6 is 11.6 Å². The largest absolute Gasteiger partial charge is 0.507 e. The standard InChI is InChI=1S/C22H24ClNO5/c1-14(2)5-7-17-19(29-13-27-3)10-20(28-4)21(22(17)26)18(25)8-6-15-9-16(23)12-24-11-15/h5-6,8-12,26H,7,13H2,1-4H3. The molecule has 1 aromatic carbocycles. The van der Waals surface area contributed by atoms with Crippen LogP contribution in [0.15, 0.2) is 42.3 Å². The van der Waals surface area contributed by atoms with Gasteiger partial charge in [0.1, 0.15) is 22.8 Å². The minimum Gasteiger partial charge on any atom is -0.507 e. The van der Waals surface area contributed by atoms with Crippen LogP contribution in [0.2, 0.25) is 5.02 Å². The van der Waals surface area contributed by atoms with E-state index < -0.39 is 5.78 Å². The van der Waals surface area contributed by atoms with Gasteiger partial charge < -0.3 is 19.3 Å². The first-order valence-electron chi connectivity index (χ1n) is 8.88. The van der Waals surface area contributed by atoms with Gasteiger partial charge in [-0.15, -0.1) is 0 Å². The molecule has 0 aliphatic carbocycles. The fourth-order valence-electron chi connectivity index (χ4n) is 2.59. The Labute approximate surface area is 175 Å². The molecule has 1 aromatic heterocycles. The molecular weight excluding hydrogens is 394 g/mol. The average molecular weight is 418 g/mol. The number of carbonyl (C=O) groups excluding carboxylic acids is 1. The number of carbonyl (C=O) groups is 1. The summed E-state index contributed by atoms with van der Waals surface area (Å²) in [6, 6.07) is 3.26. The fraction of sp³-hybridized carbons (Fsp3) is 0.273. The minimum absolute atomic E-state index is 0.000617. The molecule has 0 spiro atoms. The molecule has 2 rings (SSSR count). The molecule has 0 amide bonds. The smallest absolute Gasteiger partial charge is 0.193 e. The number of methoxy groups -OCH3 is 2. The second-order valence-electron chi connectivity index (χ2n) is 6.45. The van der Waals surface area contributed by atoms with Crippen molar-refractivity contribution in [3.05, 3.63) is 64.0 Å². The SMILES string of the molecule is COCOc1cc(OC)c(C(=O)C=Cc2cncc(Cl)c2)c(O)c1CC=C(C)C. The van der Waals surface area contributed by atoms with E-state index in [1.165, 1.54) is 26.5 Å². The predicted octanol–water partition coefficient (Wildman–Crippen LogP) is 4.84. The first-order valence-corrected chi connectivity index (χ1v) is 9.26. The quantitative estimate of drug-likeness (QED) is 0.272. The molecule has 0 unspecified atom stereocenters. The van der Waals surface area contributed by atoms with Gasteiger partial charge in [-0.05, 0) is 44.1 Å². The molecule has 0 saturated heterocycles. The number of halogens is 1.